The number of phosphoric ester groups is 1. The van der Waals surface area contributed by atoms with Crippen LogP contribution in [0.15, 0.2) is 23.1 Å². The highest BCUT2D eigenvalue weighted by Gasteiger charge is 2.24. The highest BCUT2D eigenvalue weighted by Crippen LogP contribution is 2.35. The van der Waals surface area contributed by atoms with Crippen molar-refractivity contribution in [3.05, 3.63) is 39.9 Å². The van der Waals surface area contributed by atoms with Gasteiger partial charge in [0.15, 0.2) is 0 Å². The lowest BCUT2D eigenvalue weighted by Crippen LogP contribution is -2.32. The number of hydrogen-bond acceptors (Lipinski definition) is 5. The summed E-state index contributed by atoms with van der Waals surface area (Å²) >= 11 is 0. The molecular weight excluding hydrogens is 464 g/mol. The molecule has 0 radical (unpaired) electrons. The molecule has 186 valence electrons. The average Bonchev–Trinajstić information content (AvgIpc) is 3.33. The van der Waals surface area contributed by atoms with Gasteiger partial charge in [0.1, 0.15) is 11.4 Å². The van der Waals surface area contributed by atoms with E-state index in [9.17, 15) is 14.2 Å². The van der Waals surface area contributed by atoms with E-state index < -0.39 is 31.6 Å². The summed E-state index contributed by atoms with van der Waals surface area (Å²) in [5, 5.41) is 5.90. The zero-order chi connectivity index (χ0) is 24.3. The Balaban J connectivity index is 1.67. The van der Waals surface area contributed by atoms with Crippen molar-refractivity contribution in [1.29, 1.82) is 0 Å². The predicted molar refractivity (Wildman–Crippen MR) is 126 cm³/mol. The van der Waals surface area contributed by atoms with Crippen LogP contribution in [0.2, 0.25) is 0 Å². The third kappa shape index (κ3) is 5.86. The number of pyridine rings is 1. The highest BCUT2D eigenvalue weighted by atomic mass is 31.2. The number of anilines is 1. The van der Waals surface area contributed by atoms with Gasteiger partial charge in [-0.1, -0.05) is 32.1 Å². The van der Waals surface area contributed by atoms with E-state index in [0.29, 0.717) is 11.2 Å². The molecule has 0 bridgehead atoms. The predicted octanol–water partition coefficient (Wildman–Crippen LogP) is 3.84. The Morgan fingerprint density at radius 1 is 1.12 bits per heavy atom. The molecule has 2 saturated carbocycles. The number of hydrogen-bond donors (Lipinski definition) is 4. The van der Waals surface area contributed by atoms with Crippen LogP contribution in [0.3, 0.4) is 0 Å². The molecular formula is C23H31FN3O6P. The SMILES string of the molecule is O=C(NCCOP(=O)(O)O)c1cn(C2CCCC2)c2cc(NC3CCCCC3)c(F)cc2c1=O. The largest absolute Gasteiger partial charge is 0.469 e. The molecule has 0 aliphatic heterocycles. The summed E-state index contributed by atoms with van der Waals surface area (Å²) < 4.78 is 32.1. The van der Waals surface area contributed by atoms with E-state index in [0.717, 1.165) is 51.4 Å². The van der Waals surface area contributed by atoms with Crippen molar-refractivity contribution in [3.8, 4) is 0 Å². The topological polar surface area (TPSA) is 130 Å². The van der Waals surface area contributed by atoms with Gasteiger partial charge in [-0.2, -0.15) is 0 Å². The first-order valence-electron chi connectivity index (χ1n) is 11.9. The molecule has 34 heavy (non-hydrogen) atoms. The molecule has 2 fully saturated rings. The van der Waals surface area contributed by atoms with Gasteiger partial charge in [-0.3, -0.25) is 14.1 Å². The number of aromatic nitrogens is 1. The maximum absolute atomic E-state index is 15.1. The summed E-state index contributed by atoms with van der Waals surface area (Å²) in [6.07, 6.45) is 10.8. The molecule has 4 N–H and O–H groups in total. The Morgan fingerprint density at radius 2 is 1.79 bits per heavy atom. The van der Waals surface area contributed by atoms with Crippen LogP contribution in [0.4, 0.5) is 10.1 Å². The minimum atomic E-state index is -4.65. The van der Waals surface area contributed by atoms with Gasteiger partial charge in [0.2, 0.25) is 5.43 Å². The van der Waals surface area contributed by atoms with Crippen molar-refractivity contribution in [2.24, 2.45) is 0 Å². The molecule has 0 atom stereocenters. The normalized spacial score (nSPS) is 17.9. The zero-order valence-electron chi connectivity index (χ0n) is 19.0. The van der Waals surface area contributed by atoms with Crippen LogP contribution in [0.1, 0.15) is 74.2 Å². The van der Waals surface area contributed by atoms with Gasteiger partial charge < -0.3 is 25.0 Å². The van der Waals surface area contributed by atoms with E-state index in [1.165, 1.54) is 18.7 Å². The van der Waals surface area contributed by atoms with Gasteiger partial charge in [-0.15, -0.1) is 0 Å². The first kappa shape index (κ1) is 24.9. The van der Waals surface area contributed by atoms with Crippen LogP contribution < -0.4 is 16.1 Å². The minimum absolute atomic E-state index is 0.0978. The van der Waals surface area contributed by atoms with Crippen LogP contribution in [-0.2, 0) is 9.09 Å². The molecule has 2 aliphatic rings. The number of amides is 1. The molecule has 2 aromatic rings. The Morgan fingerprint density at radius 3 is 2.47 bits per heavy atom. The highest BCUT2D eigenvalue weighted by molar-refractivity contribution is 7.46. The molecule has 0 unspecified atom stereocenters. The number of rotatable bonds is 8. The molecule has 1 amide bonds. The van der Waals surface area contributed by atoms with E-state index >= 15 is 4.39 Å². The number of fused-ring (bicyclic) bond motifs is 1. The maximum atomic E-state index is 15.1. The first-order chi connectivity index (χ1) is 16.2. The minimum Gasteiger partial charge on any atom is -0.380 e. The van der Waals surface area contributed by atoms with Gasteiger partial charge in [0.05, 0.1) is 17.8 Å². The summed E-state index contributed by atoms with van der Waals surface area (Å²) in [5.74, 6) is -1.22. The summed E-state index contributed by atoms with van der Waals surface area (Å²) in [7, 11) is -4.65. The first-order valence-corrected chi connectivity index (χ1v) is 13.4. The zero-order valence-corrected chi connectivity index (χ0v) is 19.9. The summed E-state index contributed by atoms with van der Waals surface area (Å²) in [4.78, 5) is 43.4. The third-order valence-corrected chi connectivity index (χ3v) is 7.21. The monoisotopic (exact) mass is 495 g/mol. The number of phosphoric acid groups is 1. The van der Waals surface area contributed by atoms with Crippen molar-refractivity contribution in [2.45, 2.75) is 69.9 Å². The average molecular weight is 495 g/mol. The Bertz CT molecular complexity index is 1150. The Kier molecular flexibility index (Phi) is 7.72. The molecule has 4 rings (SSSR count). The molecule has 1 heterocycles. The summed E-state index contributed by atoms with van der Waals surface area (Å²) in [6.45, 7) is -0.602. The second-order valence-corrected chi connectivity index (χ2v) is 10.4. The van der Waals surface area contributed by atoms with Crippen LogP contribution in [0.5, 0.6) is 0 Å². The van der Waals surface area contributed by atoms with Gasteiger partial charge in [0, 0.05) is 30.2 Å². The standard InChI is InChI=1S/C23H31FN3O6P/c24-19-12-17-21(13-20(19)26-15-6-2-1-3-7-15)27(16-8-4-5-9-16)14-18(22(17)28)23(29)25-10-11-33-34(30,31)32/h12-16,26H,1-11H2,(H,25,29)(H2,30,31,32). The lowest BCUT2D eigenvalue weighted by molar-refractivity contribution is 0.0939. The van der Waals surface area contributed by atoms with Crippen molar-refractivity contribution in [2.75, 3.05) is 18.5 Å². The molecule has 1 aromatic carbocycles. The number of benzene rings is 1. The second kappa shape index (κ2) is 10.6. The van der Waals surface area contributed by atoms with E-state index in [1.54, 1.807) is 6.07 Å². The molecule has 0 saturated heterocycles. The maximum Gasteiger partial charge on any atom is 0.469 e. The molecule has 11 heteroatoms. The third-order valence-electron chi connectivity index (χ3n) is 6.70. The fourth-order valence-electron chi connectivity index (χ4n) is 5.02. The second-order valence-electron chi connectivity index (χ2n) is 9.13. The summed E-state index contributed by atoms with van der Waals surface area (Å²) in [6, 6.07) is 3.20. The van der Waals surface area contributed by atoms with Gasteiger partial charge in [-0.05, 0) is 37.8 Å². The summed E-state index contributed by atoms with van der Waals surface area (Å²) in [5.41, 5.74) is 0.249. The molecule has 2 aliphatic carbocycles. The molecule has 9 nitrogen and oxygen atoms in total. The Hall–Kier alpha value is -2.26. The fourth-order valence-corrected chi connectivity index (χ4v) is 5.35. The Labute approximate surface area is 196 Å². The van der Waals surface area contributed by atoms with Crippen molar-refractivity contribution >= 4 is 30.3 Å². The van der Waals surface area contributed by atoms with Crippen molar-refractivity contribution in [1.82, 2.24) is 9.88 Å². The van der Waals surface area contributed by atoms with E-state index in [4.69, 9.17) is 9.79 Å². The number of halogens is 1. The molecule has 1 aromatic heterocycles. The van der Waals surface area contributed by atoms with Crippen LogP contribution in [0.25, 0.3) is 10.9 Å². The van der Waals surface area contributed by atoms with Crippen LogP contribution >= 0.6 is 7.82 Å². The van der Waals surface area contributed by atoms with Crippen molar-refractivity contribution in [3.63, 3.8) is 0 Å². The van der Waals surface area contributed by atoms with Gasteiger partial charge in [0.25, 0.3) is 5.91 Å². The van der Waals surface area contributed by atoms with Crippen LogP contribution in [-0.4, -0.2) is 39.5 Å². The number of nitrogens with one attached hydrogen (secondary N) is 2. The smallest absolute Gasteiger partial charge is 0.380 e. The number of nitrogens with zero attached hydrogens (tertiary/aromatic N) is 1. The van der Waals surface area contributed by atoms with Crippen LogP contribution in [0, 0.1) is 5.82 Å². The van der Waals surface area contributed by atoms with Crippen molar-refractivity contribution < 1.29 is 28.1 Å². The van der Waals surface area contributed by atoms with E-state index in [1.807, 2.05) is 4.57 Å². The lowest BCUT2D eigenvalue weighted by atomic mass is 9.95. The lowest BCUT2D eigenvalue weighted by Gasteiger charge is -2.25. The number of carbonyl (C=O) groups is 1. The quantitative estimate of drug-likeness (QED) is 0.323. The number of carbonyl (C=O) groups excluding carboxylic acids is 1. The van der Waals surface area contributed by atoms with Gasteiger partial charge in [-0.25, -0.2) is 8.96 Å². The van der Waals surface area contributed by atoms with E-state index in [2.05, 4.69) is 15.2 Å². The molecule has 0 spiro atoms. The van der Waals surface area contributed by atoms with E-state index in [-0.39, 0.29) is 29.6 Å². The fraction of sp³-hybridized carbons (Fsp3) is 0.565. The van der Waals surface area contributed by atoms with Gasteiger partial charge >= 0.3 is 7.82 Å².